The Labute approximate surface area is 238 Å². The van der Waals surface area contributed by atoms with Crippen molar-refractivity contribution in [1.82, 2.24) is 0 Å². The van der Waals surface area contributed by atoms with Crippen LogP contribution < -0.4 is 0 Å². The van der Waals surface area contributed by atoms with Gasteiger partial charge in [0, 0.05) is 13.2 Å². The van der Waals surface area contributed by atoms with Crippen molar-refractivity contribution in [3.05, 3.63) is 0 Å². The molecule has 0 aliphatic rings. The van der Waals surface area contributed by atoms with Crippen molar-refractivity contribution in [2.75, 3.05) is 66.1 Å². The lowest BCUT2D eigenvalue weighted by Crippen LogP contribution is -2.13. The highest BCUT2D eigenvalue weighted by atomic mass is 16.6. The molecule has 38 heavy (non-hydrogen) atoms. The summed E-state index contributed by atoms with van der Waals surface area (Å²) in [6.07, 6.45) is 28.8. The lowest BCUT2D eigenvalue weighted by atomic mass is 10.0. The maximum absolute atomic E-state index is 5.68. The summed E-state index contributed by atoms with van der Waals surface area (Å²) < 4.78 is 27.9. The fourth-order valence-corrected chi connectivity index (χ4v) is 4.54. The summed E-state index contributed by atoms with van der Waals surface area (Å²) in [5.74, 6) is 0. The van der Waals surface area contributed by atoms with Gasteiger partial charge in [-0.3, -0.25) is 0 Å². The molecule has 0 rings (SSSR count). The van der Waals surface area contributed by atoms with E-state index in [9.17, 15) is 0 Å². The van der Waals surface area contributed by atoms with Gasteiger partial charge in [-0.25, -0.2) is 0 Å². The molecule has 0 heterocycles. The predicted octanol–water partition coefficient (Wildman–Crippen LogP) is 9.30. The van der Waals surface area contributed by atoms with Gasteiger partial charge in [-0.1, -0.05) is 136 Å². The van der Waals surface area contributed by atoms with E-state index in [1.54, 1.807) is 0 Å². The van der Waals surface area contributed by atoms with Crippen molar-refractivity contribution in [3.8, 4) is 0 Å². The third kappa shape index (κ3) is 35.8. The Bertz CT molecular complexity index is 358. The second-order valence-corrected chi connectivity index (χ2v) is 10.8. The van der Waals surface area contributed by atoms with E-state index in [1.165, 1.54) is 128 Å². The van der Waals surface area contributed by atoms with Gasteiger partial charge in [0.25, 0.3) is 0 Å². The van der Waals surface area contributed by atoms with Gasteiger partial charge in [-0.15, -0.1) is 0 Å². The third-order valence-electron chi connectivity index (χ3n) is 7.02. The molecule has 0 aliphatic heterocycles. The highest BCUT2D eigenvalue weighted by Gasteiger charge is 1.96. The van der Waals surface area contributed by atoms with Crippen LogP contribution in [-0.4, -0.2) is 66.1 Å². The van der Waals surface area contributed by atoms with Crippen LogP contribution in [0, 0.1) is 0 Å². The first kappa shape index (κ1) is 37.8. The number of ether oxygens (including phenoxy) is 5. The smallest absolute Gasteiger partial charge is 0.0701 e. The van der Waals surface area contributed by atoms with E-state index in [-0.39, 0.29) is 0 Å². The molecule has 0 aromatic heterocycles. The summed E-state index contributed by atoms with van der Waals surface area (Å²) in [5, 5.41) is 0. The Morgan fingerprint density at radius 1 is 0.211 bits per heavy atom. The van der Waals surface area contributed by atoms with Gasteiger partial charge in [0.05, 0.1) is 52.9 Å². The fourth-order valence-electron chi connectivity index (χ4n) is 4.54. The Morgan fingerprint density at radius 3 is 0.632 bits per heavy atom. The zero-order valence-electron chi connectivity index (χ0n) is 26.0. The maximum atomic E-state index is 5.68. The van der Waals surface area contributed by atoms with Gasteiger partial charge in [-0.2, -0.15) is 0 Å². The minimum absolute atomic E-state index is 0.607. The zero-order chi connectivity index (χ0) is 27.5. The predicted molar refractivity (Wildman–Crippen MR) is 162 cm³/mol. The normalized spacial score (nSPS) is 11.5. The molecule has 0 saturated heterocycles. The first-order valence-electron chi connectivity index (χ1n) is 16.8. The minimum Gasteiger partial charge on any atom is -0.379 e. The molecule has 0 atom stereocenters. The molecule has 0 unspecified atom stereocenters. The molecule has 0 saturated carbocycles. The molecule has 0 spiro atoms. The number of unbranched alkanes of at least 4 members (excludes halogenated alkanes) is 19. The molecule has 0 bridgehead atoms. The van der Waals surface area contributed by atoms with Crippen LogP contribution in [0.2, 0.25) is 0 Å². The summed E-state index contributed by atoms with van der Waals surface area (Å²) in [7, 11) is 0. The van der Waals surface area contributed by atoms with Gasteiger partial charge in [0.15, 0.2) is 0 Å². The monoisotopic (exact) mass is 545 g/mol. The largest absolute Gasteiger partial charge is 0.379 e. The Kier molecular flexibility index (Phi) is 36.6. The van der Waals surface area contributed by atoms with Crippen LogP contribution in [0.25, 0.3) is 0 Å². The first-order valence-corrected chi connectivity index (χ1v) is 16.8. The Morgan fingerprint density at radius 2 is 0.395 bits per heavy atom. The van der Waals surface area contributed by atoms with Crippen molar-refractivity contribution in [1.29, 1.82) is 0 Å². The van der Waals surface area contributed by atoms with E-state index in [1.807, 2.05) is 0 Å². The fraction of sp³-hybridized carbons (Fsp3) is 1.00. The molecule has 5 heteroatoms. The van der Waals surface area contributed by atoms with Crippen molar-refractivity contribution in [2.24, 2.45) is 0 Å². The number of rotatable bonds is 35. The van der Waals surface area contributed by atoms with Crippen molar-refractivity contribution < 1.29 is 23.7 Å². The molecule has 0 N–H and O–H groups in total. The molecular formula is C33H68O5. The van der Waals surface area contributed by atoms with Crippen molar-refractivity contribution in [2.45, 2.75) is 149 Å². The first-order chi connectivity index (χ1) is 18.9. The summed E-state index contributed by atoms with van der Waals surface area (Å²) in [4.78, 5) is 0. The average molecular weight is 545 g/mol. The lowest BCUT2D eigenvalue weighted by molar-refractivity contribution is -0.0114. The van der Waals surface area contributed by atoms with Crippen LogP contribution >= 0.6 is 0 Å². The Balaban J connectivity index is 3.01. The van der Waals surface area contributed by atoms with Crippen LogP contribution in [0.15, 0.2) is 0 Å². The van der Waals surface area contributed by atoms with E-state index in [4.69, 9.17) is 23.7 Å². The van der Waals surface area contributed by atoms with Crippen LogP contribution in [0.1, 0.15) is 149 Å². The topological polar surface area (TPSA) is 46.2 Å². The van der Waals surface area contributed by atoms with E-state index < -0.39 is 0 Å². The minimum atomic E-state index is 0.607. The van der Waals surface area contributed by atoms with E-state index in [0.29, 0.717) is 52.9 Å². The average Bonchev–Trinajstić information content (AvgIpc) is 2.93. The van der Waals surface area contributed by atoms with E-state index >= 15 is 0 Å². The molecular weight excluding hydrogens is 476 g/mol. The summed E-state index contributed by atoms with van der Waals surface area (Å²) in [6.45, 7) is 11.3. The lowest BCUT2D eigenvalue weighted by Gasteiger charge is -2.08. The Hall–Kier alpha value is -0.200. The highest BCUT2D eigenvalue weighted by Crippen LogP contribution is 2.13. The van der Waals surface area contributed by atoms with Gasteiger partial charge < -0.3 is 23.7 Å². The van der Waals surface area contributed by atoms with Gasteiger partial charge in [0.1, 0.15) is 0 Å². The van der Waals surface area contributed by atoms with Gasteiger partial charge in [0.2, 0.25) is 0 Å². The highest BCUT2D eigenvalue weighted by molar-refractivity contribution is 4.50. The van der Waals surface area contributed by atoms with Crippen molar-refractivity contribution >= 4 is 0 Å². The van der Waals surface area contributed by atoms with Crippen molar-refractivity contribution in [3.63, 3.8) is 0 Å². The molecule has 0 fully saturated rings. The molecule has 0 radical (unpaired) electrons. The van der Waals surface area contributed by atoms with Crippen LogP contribution in [0.4, 0.5) is 0 Å². The summed E-state index contributed by atoms with van der Waals surface area (Å²) in [6, 6.07) is 0. The van der Waals surface area contributed by atoms with Crippen LogP contribution in [0.5, 0.6) is 0 Å². The number of hydrogen-bond acceptors (Lipinski definition) is 5. The SMILES string of the molecule is CCCCCCCCCCCCCCCCCCOCCOCCOCCOCCOCCCCCCC. The summed E-state index contributed by atoms with van der Waals surface area (Å²) >= 11 is 0. The van der Waals surface area contributed by atoms with Crippen LogP contribution in [0.3, 0.4) is 0 Å². The standard InChI is InChI=1S/C33H68O5/c1-3-5-7-9-10-11-12-13-14-15-16-17-18-19-21-23-25-35-27-29-37-31-33-38-32-30-36-28-26-34-24-22-20-8-6-4-2/h3-33H2,1-2H3. The molecule has 0 amide bonds. The maximum Gasteiger partial charge on any atom is 0.0701 e. The summed E-state index contributed by atoms with van der Waals surface area (Å²) in [5.41, 5.74) is 0. The molecule has 0 aromatic rings. The second-order valence-electron chi connectivity index (χ2n) is 10.8. The van der Waals surface area contributed by atoms with Crippen LogP contribution in [-0.2, 0) is 23.7 Å². The van der Waals surface area contributed by atoms with E-state index in [2.05, 4.69) is 13.8 Å². The van der Waals surface area contributed by atoms with Gasteiger partial charge >= 0.3 is 0 Å². The van der Waals surface area contributed by atoms with Gasteiger partial charge in [-0.05, 0) is 12.8 Å². The van der Waals surface area contributed by atoms with E-state index in [0.717, 1.165) is 19.6 Å². The molecule has 0 aromatic carbocycles. The zero-order valence-corrected chi connectivity index (χ0v) is 26.0. The third-order valence-corrected chi connectivity index (χ3v) is 7.02. The molecule has 0 aliphatic carbocycles. The number of hydrogen-bond donors (Lipinski definition) is 0. The molecule has 230 valence electrons. The quantitative estimate of drug-likeness (QED) is 0.0744. The second kappa shape index (κ2) is 36.8. The molecule has 5 nitrogen and oxygen atoms in total.